The second kappa shape index (κ2) is 5.93. The minimum atomic E-state index is -4.03. The van der Waals surface area contributed by atoms with Crippen molar-refractivity contribution in [2.45, 2.75) is 24.2 Å². The maximum atomic E-state index is 12.5. The van der Waals surface area contributed by atoms with Gasteiger partial charge in [0.2, 0.25) is 5.91 Å². The third-order valence-corrected chi connectivity index (χ3v) is 7.48. The minimum absolute atomic E-state index is 0.0631. The number of thiophene rings is 1. The predicted molar refractivity (Wildman–Crippen MR) is 94.4 cm³/mol. The van der Waals surface area contributed by atoms with Crippen LogP contribution in [0.5, 0.6) is 0 Å². The average Bonchev–Trinajstić information content (AvgIpc) is 3.23. The van der Waals surface area contributed by atoms with Crippen molar-refractivity contribution in [1.29, 1.82) is 5.26 Å². The van der Waals surface area contributed by atoms with E-state index in [1.807, 2.05) is 0 Å². The normalized spacial score (nSPS) is 16.9. The van der Waals surface area contributed by atoms with Gasteiger partial charge >= 0.3 is 0 Å². The SMILES string of the molecule is N#Cc1c(NC(=O)CN2C(=O)c3ccccc3S2(=O)=O)sc2c1CCC2. The van der Waals surface area contributed by atoms with E-state index in [0.717, 1.165) is 29.7 Å². The third-order valence-electron chi connectivity index (χ3n) is 4.49. The van der Waals surface area contributed by atoms with Gasteiger partial charge in [-0.15, -0.1) is 11.3 Å². The topological polar surface area (TPSA) is 107 Å². The number of carbonyl (C=O) groups is 2. The summed E-state index contributed by atoms with van der Waals surface area (Å²) in [5.74, 6) is -1.36. The van der Waals surface area contributed by atoms with Crippen LogP contribution in [0.1, 0.15) is 32.8 Å². The van der Waals surface area contributed by atoms with E-state index in [-0.39, 0.29) is 10.5 Å². The largest absolute Gasteiger partial charge is 0.315 e. The lowest BCUT2D eigenvalue weighted by Gasteiger charge is -2.14. The van der Waals surface area contributed by atoms with Gasteiger partial charge in [-0.1, -0.05) is 12.1 Å². The Balaban J connectivity index is 1.57. The van der Waals surface area contributed by atoms with Gasteiger partial charge in [-0.25, -0.2) is 12.7 Å². The highest BCUT2D eigenvalue weighted by molar-refractivity contribution is 7.90. The van der Waals surface area contributed by atoms with Crippen LogP contribution in [0.15, 0.2) is 29.2 Å². The van der Waals surface area contributed by atoms with Crippen LogP contribution in [0.3, 0.4) is 0 Å². The van der Waals surface area contributed by atoms with E-state index in [0.29, 0.717) is 14.9 Å². The Morgan fingerprint density at radius 3 is 2.81 bits per heavy atom. The number of sulfonamides is 1. The first kappa shape index (κ1) is 16.8. The number of rotatable bonds is 3. The van der Waals surface area contributed by atoms with Crippen LogP contribution in [0.25, 0.3) is 0 Å². The number of aryl methyl sites for hydroxylation is 1. The Morgan fingerprint density at radius 1 is 1.31 bits per heavy atom. The van der Waals surface area contributed by atoms with Crippen molar-refractivity contribution in [1.82, 2.24) is 4.31 Å². The number of nitriles is 1. The van der Waals surface area contributed by atoms with Crippen molar-refractivity contribution in [3.63, 3.8) is 0 Å². The molecular weight excluding hydrogens is 374 g/mol. The summed E-state index contributed by atoms with van der Waals surface area (Å²) in [6.07, 6.45) is 2.67. The van der Waals surface area contributed by atoms with Crippen LogP contribution in [0, 0.1) is 11.3 Å². The Morgan fingerprint density at radius 2 is 2.08 bits per heavy atom. The molecule has 0 unspecified atom stereocenters. The molecular formula is C17H13N3O4S2. The number of nitrogens with one attached hydrogen (secondary N) is 1. The van der Waals surface area contributed by atoms with Gasteiger partial charge in [0.1, 0.15) is 22.5 Å². The molecule has 0 bridgehead atoms. The molecule has 2 aliphatic rings. The van der Waals surface area contributed by atoms with Crippen molar-refractivity contribution in [3.8, 4) is 6.07 Å². The summed E-state index contributed by atoms with van der Waals surface area (Å²) in [7, 11) is -4.03. The minimum Gasteiger partial charge on any atom is -0.315 e. The van der Waals surface area contributed by atoms with E-state index in [4.69, 9.17) is 0 Å². The third kappa shape index (κ3) is 2.41. The monoisotopic (exact) mass is 387 g/mol. The number of anilines is 1. The predicted octanol–water partition coefficient (Wildman–Crippen LogP) is 1.89. The zero-order valence-electron chi connectivity index (χ0n) is 13.5. The number of benzene rings is 1. The molecule has 132 valence electrons. The summed E-state index contributed by atoms with van der Waals surface area (Å²) in [6, 6.07) is 7.98. The molecule has 7 nitrogen and oxygen atoms in total. The van der Waals surface area contributed by atoms with Crippen molar-refractivity contribution >= 4 is 38.2 Å². The van der Waals surface area contributed by atoms with Gasteiger partial charge in [0.15, 0.2) is 0 Å². The van der Waals surface area contributed by atoms with Crippen LogP contribution in [-0.4, -0.2) is 31.1 Å². The van der Waals surface area contributed by atoms with Crippen LogP contribution >= 0.6 is 11.3 Å². The molecule has 1 N–H and O–H groups in total. The van der Waals surface area contributed by atoms with Crippen molar-refractivity contribution < 1.29 is 18.0 Å². The molecule has 2 aromatic rings. The molecule has 2 heterocycles. The first-order valence-electron chi connectivity index (χ1n) is 7.94. The fourth-order valence-electron chi connectivity index (χ4n) is 3.29. The highest BCUT2D eigenvalue weighted by atomic mass is 32.2. The fourth-order valence-corrected chi connectivity index (χ4v) is 6.08. The first-order chi connectivity index (χ1) is 12.4. The van der Waals surface area contributed by atoms with Gasteiger partial charge in [-0.2, -0.15) is 5.26 Å². The molecule has 0 atom stereocenters. The van der Waals surface area contributed by atoms with Gasteiger partial charge in [0, 0.05) is 4.88 Å². The quantitative estimate of drug-likeness (QED) is 0.865. The zero-order chi connectivity index (χ0) is 18.5. The van der Waals surface area contributed by atoms with Gasteiger partial charge in [-0.05, 0) is 37.0 Å². The molecule has 0 spiro atoms. The highest BCUT2D eigenvalue weighted by Gasteiger charge is 2.41. The molecule has 1 aliphatic heterocycles. The van der Waals surface area contributed by atoms with Crippen LogP contribution in [0.4, 0.5) is 5.00 Å². The summed E-state index contributed by atoms with van der Waals surface area (Å²) < 4.78 is 25.6. The number of carbonyl (C=O) groups excluding carboxylic acids is 2. The van der Waals surface area contributed by atoms with E-state index in [9.17, 15) is 23.3 Å². The molecule has 9 heteroatoms. The van der Waals surface area contributed by atoms with E-state index < -0.39 is 28.4 Å². The Labute approximate surface area is 153 Å². The van der Waals surface area contributed by atoms with Crippen LogP contribution in [0.2, 0.25) is 0 Å². The van der Waals surface area contributed by atoms with Gasteiger partial charge in [0.05, 0.1) is 11.1 Å². The number of amides is 2. The van der Waals surface area contributed by atoms with Crippen LogP contribution < -0.4 is 5.32 Å². The Hall–Kier alpha value is -2.70. The maximum absolute atomic E-state index is 12.5. The molecule has 0 saturated heterocycles. The molecule has 1 aromatic carbocycles. The molecule has 4 rings (SSSR count). The summed E-state index contributed by atoms with van der Waals surface area (Å²) in [4.78, 5) is 25.7. The lowest BCUT2D eigenvalue weighted by molar-refractivity contribution is -0.116. The zero-order valence-corrected chi connectivity index (χ0v) is 15.1. The molecule has 0 saturated carbocycles. The van der Waals surface area contributed by atoms with Gasteiger partial charge < -0.3 is 5.32 Å². The van der Waals surface area contributed by atoms with E-state index >= 15 is 0 Å². The number of fused-ring (bicyclic) bond motifs is 2. The molecule has 26 heavy (non-hydrogen) atoms. The first-order valence-corrected chi connectivity index (χ1v) is 10.2. The standard InChI is InChI=1S/C17H13N3O4S2/c18-8-12-10-5-3-6-13(10)25-16(12)19-15(21)9-20-17(22)11-4-1-2-7-14(11)26(20,23)24/h1-2,4,7H,3,5-6,9H2,(H,19,21). The molecule has 1 aromatic heterocycles. The molecule has 0 radical (unpaired) electrons. The Kier molecular flexibility index (Phi) is 3.82. The summed E-state index contributed by atoms with van der Waals surface area (Å²) in [6.45, 7) is -0.622. The Bertz CT molecular complexity index is 1100. The van der Waals surface area contributed by atoms with E-state index in [2.05, 4.69) is 11.4 Å². The van der Waals surface area contributed by atoms with Crippen LogP contribution in [-0.2, 0) is 27.7 Å². The average molecular weight is 387 g/mol. The lowest BCUT2D eigenvalue weighted by atomic mass is 10.1. The van der Waals surface area contributed by atoms with Crippen molar-refractivity contribution in [2.75, 3.05) is 11.9 Å². The lowest BCUT2D eigenvalue weighted by Crippen LogP contribution is -2.37. The fraction of sp³-hybridized carbons (Fsp3) is 0.235. The summed E-state index contributed by atoms with van der Waals surface area (Å²) >= 11 is 1.34. The van der Waals surface area contributed by atoms with Gasteiger partial charge in [-0.3, -0.25) is 9.59 Å². The van der Waals surface area contributed by atoms with E-state index in [1.165, 1.54) is 29.5 Å². The molecule has 0 fully saturated rings. The molecule has 1 aliphatic carbocycles. The number of nitrogens with zero attached hydrogens (tertiary/aromatic N) is 2. The maximum Gasteiger partial charge on any atom is 0.269 e. The highest BCUT2D eigenvalue weighted by Crippen LogP contribution is 2.38. The molecule has 2 amide bonds. The second-order valence-corrected chi connectivity index (χ2v) is 8.97. The van der Waals surface area contributed by atoms with E-state index in [1.54, 1.807) is 6.07 Å². The summed E-state index contributed by atoms with van der Waals surface area (Å²) in [5, 5.41) is 12.4. The second-order valence-electron chi connectivity index (χ2n) is 6.03. The van der Waals surface area contributed by atoms with Crippen molar-refractivity contribution in [3.05, 3.63) is 45.8 Å². The number of hydrogen-bond acceptors (Lipinski definition) is 6. The van der Waals surface area contributed by atoms with Gasteiger partial charge in [0.25, 0.3) is 15.9 Å². The van der Waals surface area contributed by atoms with Crippen molar-refractivity contribution in [2.24, 2.45) is 0 Å². The number of hydrogen-bond donors (Lipinski definition) is 1. The summed E-state index contributed by atoms with van der Waals surface area (Å²) in [5.41, 5.74) is 1.47. The smallest absolute Gasteiger partial charge is 0.269 e.